The van der Waals surface area contributed by atoms with Crippen LogP contribution in [-0.2, 0) is 16.1 Å². The molecule has 0 unspecified atom stereocenters. The summed E-state index contributed by atoms with van der Waals surface area (Å²) < 4.78 is 10.00. The molecule has 7 heteroatoms. The van der Waals surface area contributed by atoms with Crippen LogP contribution in [0.25, 0.3) is 16.6 Å². The van der Waals surface area contributed by atoms with E-state index in [1.807, 2.05) is 54.2 Å². The second-order valence-electron chi connectivity index (χ2n) is 10.2. The molecule has 34 heavy (non-hydrogen) atoms. The van der Waals surface area contributed by atoms with Crippen LogP contribution in [0.5, 0.6) is 0 Å². The van der Waals surface area contributed by atoms with E-state index in [1.54, 1.807) is 4.90 Å². The predicted octanol–water partition coefficient (Wildman–Crippen LogP) is 3.88. The largest absolute Gasteiger partial charge is 0.376 e. The Labute approximate surface area is 199 Å². The van der Waals surface area contributed by atoms with Crippen molar-refractivity contribution in [2.45, 2.75) is 69.7 Å². The van der Waals surface area contributed by atoms with Gasteiger partial charge in [0.05, 0.1) is 23.9 Å². The fourth-order valence-electron chi connectivity index (χ4n) is 6.04. The third-order valence-electron chi connectivity index (χ3n) is 7.91. The van der Waals surface area contributed by atoms with E-state index in [0.29, 0.717) is 25.4 Å². The van der Waals surface area contributed by atoms with Gasteiger partial charge in [-0.3, -0.25) is 9.59 Å². The molecule has 2 atom stereocenters. The summed E-state index contributed by atoms with van der Waals surface area (Å²) in [6, 6.07) is 12.2. The fraction of sp³-hybridized carbons (Fsp3) is 0.481. The molecule has 2 aliphatic heterocycles. The number of amides is 2. The van der Waals surface area contributed by atoms with Gasteiger partial charge in [0.15, 0.2) is 0 Å². The number of ether oxygens (including phenoxy) is 1. The van der Waals surface area contributed by atoms with E-state index in [-0.39, 0.29) is 24.0 Å². The second kappa shape index (κ2) is 8.31. The van der Waals surface area contributed by atoms with E-state index >= 15 is 0 Å². The quantitative estimate of drug-likeness (QED) is 0.628. The first kappa shape index (κ1) is 21.5. The average Bonchev–Trinajstić information content (AvgIpc) is 3.64. The number of nitrogens with one attached hydrogen (secondary N) is 1. The van der Waals surface area contributed by atoms with Crippen LogP contribution < -0.4 is 5.32 Å². The summed E-state index contributed by atoms with van der Waals surface area (Å²) >= 11 is 0. The zero-order valence-corrected chi connectivity index (χ0v) is 19.7. The molecule has 0 spiro atoms. The maximum atomic E-state index is 14.3. The third kappa shape index (κ3) is 3.36. The molecule has 178 valence electrons. The molecule has 4 heterocycles. The number of para-hydroxylation sites is 1. The number of hydrogen-bond donors (Lipinski definition) is 1. The van der Waals surface area contributed by atoms with Crippen LogP contribution in [0.15, 0.2) is 48.8 Å². The Kier molecular flexibility index (Phi) is 5.25. The zero-order valence-electron chi connectivity index (χ0n) is 19.7. The molecular formula is C27H32N4O3. The first-order valence-electron chi connectivity index (χ1n) is 12.6. The van der Waals surface area contributed by atoms with Crippen LogP contribution in [0, 0.1) is 0 Å². The lowest BCUT2D eigenvalue weighted by Gasteiger charge is -2.45. The maximum Gasteiger partial charge on any atom is 0.273 e. The monoisotopic (exact) mass is 460 g/mol. The van der Waals surface area contributed by atoms with Crippen LogP contribution in [0.4, 0.5) is 0 Å². The molecule has 1 saturated carbocycles. The van der Waals surface area contributed by atoms with Gasteiger partial charge in [0.25, 0.3) is 5.91 Å². The van der Waals surface area contributed by atoms with Gasteiger partial charge in [-0.25, -0.2) is 0 Å². The SMILES string of the molecule is C[C@@]1(C(=O)NC2CCCC2)Cn2c(c(-n3cccc3)c3ccccc32)C(=O)N1C[C@@H]1CCCO1. The van der Waals surface area contributed by atoms with Gasteiger partial charge in [0.1, 0.15) is 11.2 Å². The van der Waals surface area contributed by atoms with Crippen molar-refractivity contribution in [1.82, 2.24) is 19.4 Å². The normalized spacial score (nSPS) is 25.3. The van der Waals surface area contributed by atoms with Gasteiger partial charge in [-0.1, -0.05) is 31.0 Å². The Bertz CT molecular complexity index is 1220. The second-order valence-corrected chi connectivity index (χ2v) is 10.2. The van der Waals surface area contributed by atoms with E-state index in [0.717, 1.165) is 55.1 Å². The van der Waals surface area contributed by atoms with E-state index in [4.69, 9.17) is 4.74 Å². The molecule has 7 nitrogen and oxygen atoms in total. The lowest BCUT2D eigenvalue weighted by molar-refractivity contribution is -0.134. The summed E-state index contributed by atoms with van der Waals surface area (Å²) in [6.07, 6.45) is 10.1. The lowest BCUT2D eigenvalue weighted by Crippen LogP contribution is -2.66. The summed E-state index contributed by atoms with van der Waals surface area (Å²) in [6.45, 7) is 3.49. The summed E-state index contributed by atoms with van der Waals surface area (Å²) in [5.74, 6) is -0.164. The first-order valence-corrected chi connectivity index (χ1v) is 12.6. The topological polar surface area (TPSA) is 68.5 Å². The van der Waals surface area contributed by atoms with Crippen LogP contribution >= 0.6 is 0 Å². The van der Waals surface area contributed by atoms with Crippen molar-refractivity contribution >= 4 is 22.7 Å². The van der Waals surface area contributed by atoms with E-state index < -0.39 is 5.54 Å². The molecule has 2 aromatic heterocycles. The molecule has 1 aliphatic carbocycles. The minimum atomic E-state index is -0.992. The van der Waals surface area contributed by atoms with Crippen molar-refractivity contribution in [3.05, 3.63) is 54.5 Å². The van der Waals surface area contributed by atoms with Gasteiger partial charge in [-0.15, -0.1) is 0 Å². The van der Waals surface area contributed by atoms with Crippen LogP contribution in [0.2, 0.25) is 0 Å². The van der Waals surface area contributed by atoms with Crippen molar-refractivity contribution < 1.29 is 14.3 Å². The number of fused-ring (bicyclic) bond motifs is 3. The van der Waals surface area contributed by atoms with Crippen LogP contribution in [-0.4, -0.2) is 56.7 Å². The molecule has 3 aromatic rings. The molecular weight excluding hydrogens is 428 g/mol. The molecule has 1 N–H and O–H groups in total. The van der Waals surface area contributed by atoms with E-state index in [1.165, 1.54) is 0 Å². The highest BCUT2D eigenvalue weighted by molar-refractivity contribution is 6.09. The number of benzene rings is 1. The lowest BCUT2D eigenvalue weighted by atomic mass is 9.93. The highest BCUT2D eigenvalue weighted by atomic mass is 16.5. The third-order valence-corrected chi connectivity index (χ3v) is 7.91. The standard InChI is InChI=1S/C27H32N4O3/c1-27(26(33)28-19-9-2-3-10-19)18-30-22-13-5-4-12-21(22)23(29-14-6-7-15-29)24(30)25(32)31(27)17-20-11-8-16-34-20/h4-7,12-15,19-20H,2-3,8-11,16-18H2,1H3,(H,28,33)/t20-,27-/m0/s1. The molecule has 0 radical (unpaired) electrons. The Morgan fingerprint density at radius 1 is 1.09 bits per heavy atom. The smallest absolute Gasteiger partial charge is 0.273 e. The van der Waals surface area contributed by atoms with Crippen LogP contribution in [0.1, 0.15) is 55.9 Å². The number of rotatable bonds is 5. The molecule has 1 saturated heterocycles. The Hall–Kier alpha value is -3.06. The zero-order chi connectivity index (χ0) is 23.3. The van der Waals surface area contributed by atoms with Crippen molar-refractivity contribution in [2.75, 3.05) is 13.2 Å². The Morgan fingerprint density at radius 2 is 1.85 bits per heavy atom. The van der Waals surface area contributed by atoms with Gasteiger partial charge in [-0.05, 0) is 50.8 Å². The summed E-state index contributed by atoms with van der Waals surface area (Å²) in [5, 5.41) is 4.30. The summed E-state index contributed by atoms with van der Waals surface area (Å²) in [5.41, 5.74) is 1.50. The Balaban J connectivity index is 1.48. The highest BCUT2D eigenvalue weighted by Gasteiger charge is 2.50. The van der Waals surface area contributed by atoms with Crippen LogP contribution in [0.3, 0.4) is 0 Å². The average molecular weight is 461 g/mol. The van der Waals surface area contributed by atoms with E-state index in [2.05, 4.69) is 16.0 Å². The predicted molar refractivity (Wildman–Crippen MR) is 130 cm³/mol. The van der Waals surface area contributed by atoms with Crippen molar-refractivity contribution in [2.24, 2.45) is 0 Å². The minimum absolute atomic E-state index is 0.0338. The van der Waals surface area contributed by atoms with E-state index in [9.17, 15) is 9.59 Å². The summed E-state index contributed by atoms with van der Waals surface area (Å²) in [4.78, 5) is 29.9. The maximum absolute atomic E-state index is 14.3. The van der Waals surface area contributed by atoms with Gasteiger partial charge < -0.3 is 24.1 Å². The minimum Gasteiger partial charge on any atom is -0.376 e. The van der Waals surface area contributed by atoms with Gasteiger partial charge in [0.2, 0.25) is 5.91 Å². The molecule has 1 aromatic carbocycles. The molecule has 2 fully saturated rings. The number of carbonyl (C=O) groups excluding carboxylic acids is 2. The van der Waals surface area contributed by atoms with Crippen molar-refractivity contribution in [1.29, 1.82) is 0 Å². The van der Waals surface area contributed by atoms with Crippen molar-refractivity contribution in [3.8, 4) is 5.69 Å². The molecule has 3 aliphatic rings. The van der Waals surface area contributed by atoms with Gasteiger partial charge in [0, 0.05) is 37.0 Å². The number of nitrogens with zero attached hydrogens (tertiary/aromatic N) is 3. The first-order chi connectivity index (χ1) is 16.6. The molecule has 0 bridgehead atoms. The van der Waals surface area contributed by atoms with Gasteiger partial charge >= 0.3 is 0 Å². The highest BCUT2D eigenvalue weighted by Crippen LogP contribution is 2.38. The van der Waals surface area contributed by atoms with Gasteiger partial charge in [-0.2, -0.15) is 0 Å². The summed E-state index contributed by atoms with van der Waals surface area (Å²) in [7, 11) is 0. The fourth-order valence-corrected chi connectivity index (χ4v) is 6.04. The molecule has 2 amide bonds. The number of carbonyl (C=O) groups is 2. The van der Waals surface area contributed by atoms with Crippen molar-refractivity contribution in [3.63, 3.8) is 0 Å². The Morgan fingerprint density at radius 3 is 2.59 bits per heavy atom. The molecule has 6 rings (SSSR count). The number of aromatic nitrogens is 2. The number of hydrogen-bond acceptors (Lipinski definition) is 3.